The Bertz CT molecular complexity index is 1840. The summed E-state index contributed by atoms with van der Waals surface area (Å²) in [5.74, 6) is 0.642. The minimum atomic E-state index is 0.642. The molecule has 0 aliphatic carbocycles. The first-order valence-corrected chi connectivity index (χ1v) is 11.5. The highest BCUT2D eigenvalue weighted by atomic mass is 15.3. The second-order valence-corrected chi connectivity index (χ2v) is 8.45. The van der Waals surface area contributed by atoms with Crippen LogP contribution in [-0.4, -0.2) is 24.6 Å². The molecule has 0 N–H and O–H groups in total. The lowest BCUT2D eigenvalue weighted by Gasteiger charge is -2.09. The topological polar surface area (TPSA) is 56.0 Å². The van der Waals surface area contributed by atoms with Crippen LogP contribution < -0.4 is 0 Å². The van der Waals surface area contributed by atoms with Crippen LogP contribution in [0.3, 0.4) is 0 Å². The number of hydrogen-bond acceptors (Lipinski definition) is 4. The standard InChI is InChI=1S/C30H19N5/c1-2-9-20(10-3-1)22-14-8-18-35-30(22)33-29(34-35)21-16-17-27(31-19-21)28-25-13-5-4-11-23(25)24-12-6-7-15-26(24)32-28/h1-19H. The van der Waals surface area contributed by atoms with Crippen molar-refractivity contribution in [2.24, 2.45) is 0 Å². The molecule has 0 fully saturated rings. The molecule has 7 rings (SSSR count). The molecular formula is C30H19N5. The van der Waals surface area contributed by atoms with Crippen LogP contribution in [0.5, 0.6) is 0 Å². The average Bonchev–Trinajstić information content (AvgIpc) is 3.38. The van der Waals surface area contributed by atoms with Crippen molar-refractivity contribution in [3.8, 4) is 33.9 Å². The number of fused-ring (bicyclic) bond motifs is 4. The van der Waals surface area contributed by atoms with Gasteiger partial charge in [-0.2, -0.15) is 0 Å². The van der Waals surface area contributed by atoms with Gasteiger partial charge in [-0.1, -0.05) is 72.8 Å². The van der Waals surface area contributed by atoms with Gasteiger partial charge >= 0.3 is 0 Å². The highest BCUT2D eigenvalue weighted by Gasteiger charge is 2.14. The molecule has 0 amide bonds. The van der Waals surface area contributed by atoms with Crippen molar-refractivity contribution in [2.45, 2.75) is 0 Å². The summed E-state index contributed by atoms with van der Waals surface area (Å²) in [6.45, 7) is 0. The lowest BCUT2D eigenvalue weighted by Crippen LogP contribution is -1.92. The number of rotatable bonds is 3. The van der Waals surface area contributed by atoms with Crippen LogP contribution in [0.1, 0.15) is 0 Å². The van der Waals surface area contributed by atoms with Gasteiger partial charge in [0.25, 0.3) is 0 Å². The first-order valence-electron chi connectivity index (χ1n) is 11.5. The molecule has 0 bridgehead atoms. The van der Waals surface area contributed by atoms with E-state index in [4.69, 9.17) is 20.1 Å². The summed E-state index contributed by atoms with van der Waals surface area (Å²) in [5, 5.41) is 8.12. The Morgan fingerprint density at radius 2 is 1.34 bits per heavy atom. The van der Waals surface area contributed by atoms with Gasteiger partial charge in [-0.3, -0.25) is 4.98 Å². The van der Waals surface area contributed by atoms with E-state index in [9.17, 15) is 0 Å². The van der Waals surface area contributed by atoms with Gasteiger partial charge in [-0.05, 0) is 41.3 Å². The second kappa shape index (κ2) is 7.85. The SMILES string of the molecule is c1ccc(-c2cccn3nc(-c4ccc(-c5nc6ccccc6c6ccccc56)nc4)nc23)cc1. The lowest BCUT2D eigenvalue weighted by atomic mass is 10.0. The van der Waals surface area contributed by atoms with Gasteiger partial charge in [0.1, 0.15) is 0 Å². The van der Waals surface area contributed by atoms with E-state index in [-0.39, 0.29) is 0 Å². The van der Waals surface area contributed by atoms with Crippen molar-refractivity contribution < 1.29 is 0 Å². The first-order chi connectivity index (χ1) is 17.3. The number of para-hydroxylation sites is 1. The van der Waals surface area contributed by atoms with Crippen molar-refractivity contribution >= 4 is 27.3 Å². The highest BCUT2D eigenvalue weighted by molar-refractivity contribution is 6.10. The third-order valence-electron chi connectivity index (χ3n) is 6.32. The minimum Gasteiger partial charge on any atom is -0.254 e. The van der Waals surface area contributed by atoms with Crippen LogP contribution in [0.4, 0.5) is 0 Å². The zero-order valence-corrected chi connectivity index (χ0v) is 18.7. The fourth-order valence-corrected chi connectivity index (χ4v) is 4.64. The summed E-state index contributed by atoms with van der Waals surface area (Å²) in [7, 11) is 0. The van der Waals surface area contributed by atoms with Crippen molar-refractivity contribution in [1.82, 2.24) is 24.6 Å². The molecule has 0 saturated carbocycles. The van der Waals surface area contributed by atoms with E-state index in [0.717, 1.165) is 50.0 Å². The highest BCUT2D eigenvalue weighted by Crippen LogP contribution is 2.32. The van der Waals surface area contributed by atoms with Crippen LogP contribution in [0, 0.1) is 0 Å². The molecule has 164 valence electrons. The quantitative estimate of drug-likeness (QED) is 0.278. The molecule has 4 heterocycles. The zero-order chi connectivity index (χ0) is 23.2. The Balaban J connectivity index is 1.33. The van der Waals surface area contributed by atoms with Crippen molar-refractivity contribution in [2.75, 3.05) is 0 Å². The molecule has 35 heavy (non-hydrogen) atoms. The normalized spacial score (nSPS) is 11.4. The lowest BCUT2D eigenvalue weighted by molar-refractivity contribution is 0.966. The molecule has 5 heteroatoms. The van der Waals surface area contributed by atoms with Crippen LogP contribution in [-0.2, 0) is 0 Å². The van der Waals surface area contributed by atoms with Gasteiger partial charge in [0.2, 0.25) is 0 Å². The number of benzene rings is 3. The van der Waals surface area contributed by atoms with E-state index < -0.39 is 0 Å². The smallest absolute Gasteiger partial charge is 0.183 e. The van der Waals surface area contributed by atoms with Crippen LogP contribution in [0.15, 0.2) is 116 Å². The Labute approximate surface area is 201 Å². The summed E-state index contributed by atoms with van der Waals surface area (Å²) in [4.78, 5) is 14.6. The van der Waals surface area contributed by atoms with Gasteiger partial charge in [0, 0.05) is 34.3 Å². The van der Waals surface area contributed by atoms with Gasteiger partial charge in [0.05, 0.1) is 16.9 Å². The third-order valence-corrected chi connectivity index (χ3v) is 6.32. The molecule has 0 unspecified atom stereocenters. The summed E-state index contributed by atoms with van der Waals surface area (Å²) in [6.07, 6.45) is 3.75. The molecule has 0 aliphatic heterocycles. The van der Waals surface area contributed by atoms with E-state index in [2.05, 4.69) is 42.5 Å². The van der Waals surface area contributed by atoms with Crippen molar-refractivity contribution in [3.63, 3.8) is 0 Å². The van der Waals surface area contributed by atoms with Gasteiger partial charge < -0.3 is 0 Å². The third kappa shape index (κ3) is 3.25. The molecule has 3 aromatic carbocycles. The minimum absolute atomic E-state index is 0.642. The molecular weight excluding hydrogens is 430 g/mol. The first kappa shape index (κ1) is 19.6. The number of pyridine rings is 3. The van der Waals surface area contributed by atoms with Gasteiger partial charge in [-0.15, -0.1) is 5.10 Å². The molecule has 0 aliphatic rings. The van der Waals surface area contributed by atoms with Gasteiger partial charge in [0.15, 0.2) is 11.5 Å². The maximum absolute atomic E-state index is 4.96. The Hall–Kier alpha value is -4.90. The predicted molar refractivity (Wildman–Crippen MR) is 140 cm³/mol. The maximum Gasteiger partial charge on any atom is 0.183 e. The van der Waals surface area contributed by atoms with E-state index >= 15 is 0 Å². The predicted octanol–water partition coefficient (Wildman–Crippen LogP) is 6.83. The summed E-state index contributed by atoms with van der Waals surface area (Å²) in [5.41, 5.74) is 6.50. The fraction of sp³-hybridized carbons (Fsp3) is 0. The summed E-state index contributed by atoms with van der Waals surface area (Å²) in [6, 6.07) is 34.9. The molecule has 0 radical (unpaired) electrons. The Kier molecular flexibility index (Phi) is 4.39. The molecule has 0 atom stereocenters. The van der Waals surface area contributed by atoms with Crippen molar-refractivity contribution in [3.05, 3.63) is 116 Å². The number of aromatic nitrogens is 5. The average molecular weight is 450 g/mol. The fourth-order valence-electron chi connectivity index (χ4n) is 4.64. The van der Waals surface area contributed by atoms with Gasteiger partial charge in [-0.25, -0.2) is 14.5 Å². The number of nitrogens with zero attached hydrogens (tertiary/aromatic N) is 5. The number of hydrogen-bond donors (Lipinski definition) is 0. The van der Waals surface area contributed by atoms with E-state index in [0.29, 0.717) is 5.82 Å². The Morgan fingerprint density at radius 3 is 2.17 bits per heavy atom. The van der Waals surface area contributed by atoms with Crippen LogP contribution >= 0.6 is 0 Å². The van der Waals surface area contributed by atoms with Crippen LogP contribution in [0.2, 0.25) is 0 Å². The largest absolute Gasteiger partial charge is 0.254 e. The molecule has 7 aromatic rings. The zero-order valence-electron chi connectivity index (χ0n) is 18.7. The molecule has 5 nitrogen and oxygen atoms in total. The Morgan fingerprint density at radius 1 is 0.571 bits per heavy atom. The summed E-state index contributed by atoms with van der Waals surface area (Å²) < 4.78 is 1.82. The van der Waals surface area contributed by atoms with E-state index in [1.165, 1.54) is 5.39 Å². The van der Waals surface area contributed by atoms with E-state index in [1.54, 1.807) is 0 Å². The monoisotopic (exact) mass is 449 g/mol. The second-order valence-electron chi connectivity index (χ2n) is 8.45. The van der Waals surface area contributed by atoms with E-state index in [1.807, 2.05) is 77.6 Å². The summed E-state index contributed by atoms with van der Waals surface area (Å²) >= 11 is 0. The molecule has 0 saturated heterocycles. The van der Waals surface area contributed by atoms with Crippen molar-refractivity contribution in [1.29, 1.82) is 0 Å². The molecule has 0 spiro atoms. The molecule has 4 aromatic heterocycles. The van der Waals surface area contributed by atoms with Crippen LogP contribution in [0.25, 0.3) is 61.2 Å². The maximum atomic E-state index is 4.96.